The lowest BCUT2D eigenvalue weighted by molar-refractivity contribution is 0.00506. The highest BCUT2D eigenvalue weighted by Gasteiger charge is 2.02. The second kappa shape index (κ2) is 8.91. The monoisotopic (exact) mass is 253 g/mol. The minimum absolute atomic E-state index is 0.131. The number of methoxy groups -OCH3 is 1. The second-order valence-electron chi connectivity index (χ2n) is 4.15. The molecule has 1 unspecified atom stereocenters. The number of nitrogens with two attached hydrogens (primary N) is 1. The predicted octanol–water partition coefficient (Wildman–Crippen LogP) is 1.97. The molecule has 0 amide bonds. The van der Waals surface area contributed by atoms with Crippen molar-refractivity contribution in [1.29, 1.82) is 0 Å². The zero-order valence-electron chi connectivity index (χ0n) is 11.2. The zero-order chi connectivity index (χ0) is 13.2. The smallest absolute Gasteiger partial charge is 0.123 e. The van der Waals surface area contributed by atoms with Gasteiger partial charge in [0.05, 0.1) is 25.9 Å². The van der Waals surface area contributed by atoms with Gasteiger partial charge in [-0.3, -0.25) is 0 Å². The number of para-hydroxylation sites is 1. The Morgan fingerprint density at radius 1 is 1.22 bits per heavy atom. The molecule has 0 aliphatic carbocycles. The fraction of sp³-hybridized carbons (Fsp3) is 0.571. The lowest BCUT2D eigenvalue weighted by Crippen LogP contribution is -2.16. The number of rotatable bonds is 9. The van der Waals surface area contributed by atoms with E-state index in [1.54, 1.807) is 7.11 Å². The molecule has 4 heteroatoms. The Bertz CT molecular complexity index is 331. The third kappa shape index (κ3) is 5.49. The maximum Gasteiger partial charge on any atom is 0.123 e. The number of benzene rings is 1. The van der Waals surface area contributed by atoms with Crippen LogP contribution < -0.4 is 10.5 Å². The summed E-state index contributed by atoms with van der Waals surface area (Å²) < 4.78 is 16.2. The van der Waals surface area contributed by atoms with Crippen LogP contribution in [0.25, 0.3) is 0 Å². The summed E-state index contributed by atoms with van der Waals surface area (Å²) >= 11 is 0. The summed E-state index contributed by atoms with van der Waals surface area (Å²) in [6, 6.07) is 7.83. The van der Waals surface area contributed by atoms with Gasteiger partial charge in [0.25, 0.3) is 0 Å². The van der Waals surface area contributed by atoms with Crippen molar-refractivity contribution in [3.8, 4) is 5.75 Å². The zero-order valence-corrected chi connectivity index (χ0v) is 11.2. The molecule has 0 aliphatic rings. The molecule has 0 radical (unpaired) electrons. The molecular formula is C14H23NO3. The normalized spacial score (nSPS) is 12.4. The minimum atomic E-state index is 0.131. The average molecular weight is 253 g/mol. The fourth-order valence-electron chi connectivity index (χ4n) is 1.62. The standard InChI is InChI=1S/C14H23NO3/c1-12(11-16-2)17-8-5-9-18-14-7-4-3-6-13(14)10-15/h3-4,6-7,12H,5,8-11,15H2,1-2H3. The van der Waals surface area contributed by atoms with Crippen LogP contribution >= 0.6 is 0 Å². The van der Waals surface area contributed by atoms with Crippen molar-refractivity contribution in [3.63, 3.8) is 0 Å². The Hall–Kier alpha value is -1.10. The van der Waals surface area contributed by atoms with Crippen LogP contribution in [-0.4, -0.2) is 33.0 Å². The van der Waals surface area contributed by atoms with E-state index in [2.05, 4.69) is 0 Å². The molecule has 2 N–H and O–H groups in total. The van der Waals surface area contributed by atoms with Crippen LogP contribution in [0.4, 0.5) is 0 Å². The highest BCUT2D eigenvalue weighted by Crippen LogP contribution is 2.17. The Morgan fingerprint density at radius 2 is 2.00 bits per heavy atom. The van der Waals surface area contributed by atoms with Crippen molar-refractivity contribution >= 4 is 0 Å². The van der Waals surface area contributed by atoms with E-state index >= 15 is 0 Å². The van der Waals surface area contributed by atoms with E-state index < -0.39 is 0 Å². The van der Waals surface area contributed by atoms with Gasteiger partial charge < -0.3 is 19.9 Å². The van der Waals surface area contributed by atoms with Crippen molar-refractivity contribution in [3.05, 3.63) is 29.8 Å². The van der Waals surface area contributed by atoms with E-state index in [0.717, 1.165) is 17.7 Å². The van der Waals surface area contributed by atoms with E-state index in [1.807, 2.05) is 31.2 Å². The quantitative estimate of drug-likeness (QED) is 0.684. The number of ether oxygens (including phenoxy) is 3. The lowest BCUT2D eigenvalue weighted by atomic mass is 10.2. The van der Waals surface area contributed by atoms with Crippen molar-refractivity contribution in [2.75, 3.05) is 26.9 Å². The van der Waals surface area contributed by atoms with Gasteiger partial charge in [-0.2, -0.15) is 0 Å². The first-order valence-corrected chi connectivity index (χ1v) is 6.29. The van der Waals surface area contributed by atoms with Crippen molar-refractivity contribution in [1.82, 2.24) is 0 Å². The van der Waals surface area contributed by atoms with E-state index in [0.29, 0.717) is 26.4 Å². The molecule has 0 aromatic heterocycles. The second-order valence-corrected chi connectivity index (χ2v) is 4.15. The highest BCUT2D eigenvalue weighted by atomic mass is 16.5. The van der Waals surface area contributed by atoms with Gasteiger partial charge >= 0.3 is 0 Å². The summed E-state index contributed by atoms with van der Waals surface area (Å²) in [5.41, 5.74) is 6.67. The van der Waals surface area contributed by atoms with Gasteiger partial charge in [0.2, 0.25) is 0 Å². The SMILES string of the molecule is COCC(C)OCCCOc1ccccc1CN. The maximum absolute atomic E-state index is 5.68. The topological polar surface area (TPSA) is 53.7 Å². The first kappa shape index (κ1) is 15.0. The predicted molar refractivity (Wildman–Crippen MR) is 71.7 cm³/mol. The highest BCUT2D eigenvalue weighted by molar-refractivity contribution is 5.32. The van der Waals surface area contributed by atoms with Gasteiger partial charge in [-0.05, 0) is 13.0 Å². The molecule has 0 heterocycles. The third-order valence-corrected chi connectivity index (χ3v) is 2.54. The van der Waals surface area contributed by atoms with Crippen LogP contribution in [0.3, 0.4) is 0 Å². The molecule has 0 fully saturated rings. The van der Waals surface area contributed by atoms with Gasteiger partial charge in [0, 0.05) is 25.6 Å². The van der Waals surface area contributed by atoms with Gasteiger partial charge in [-0.25, -0.2) is 0 Å². The van der Waals surface area contributed by atoms with E-state index in [1.165, 1.54) is 0 Å². The molecule has 18 heavy (non-hydrogen) atoms. The van der Waals surface area contributed by atoms with Crippen LogP contribution in [0.15, 0.2) is 24.3 Å². The molecule has 0 aliphatic heterocycles. The molecule has 1 aromatic carbocycles. The summed E-state index contributed by atoms with van der Waals surface area (Å²) in [5, 5.41) is 0. The molecular weight excluding hydrogens is 230 g/mol. The van der Waals surface area contributed by atoms with Gasteiger partial charge in [-0.15, -0.1) is 0 Å². The Morgan fingerprint density at radius 3 is 2.72 bits per heavy atom. The molecule has 0 bridgehead atoms. The fourth-order valence-corrected chi connectivity index (χ4v) is 1.62. The van der Waals surface area contributed by atoms with Crippen LogP contribution in [0.5, 0.6) is 5.75 Å². The Labute approximate surface area is 109 Å². The largest absolute Gasteiger partial charge is 0.493 e. The molecule has 1 atom stereocenters. The van der Waals surface area contributed by atoms with E-state index in [4.69, 9.17) is 19.9 Å². The van der Waals surface area contributed by atoms with Crippen LogP contribution in [0, 0.1) is 0 Å². The summed E-state index contributed by atoms with van der Waals surface area (Å²) in [6.45, 7) is 4.43. The first-order chi connectivity index (χ1) is 8.77. The maximum atomic E-state index is 5.68. The minimum Gasteiger partial charge on any atom is -0.493 e. The summed E-state index contributed by atoms with van der Waals surface area (Å²) in [7, 11) is 1.67. The third-order valence-electron chi connectivity index (χ3n) is 2.54. The van der Waals surface area contributed by atoms with Crippen LogP contribution in [-0.2, 0) is 16.0 Å². The van der Waals surface area contributed by atoms with Crippen molar-refractivity contribution in [2.45, 2.75) is 26.0 Å². The van der Waals surface area contributed by atoms with E-state index in [9.17, 15) is 0 Å². The molecule has 1 aromatic rings. The number of hydrogen-bond donors (Lipinski definition) is 1. The van der Waals surface area contributed by atoms with Gasteiger partial charge in [-0.1, -0.05) is 18.2 Å². The van der Waals surface area contributed by atoms with Crippen LogP contribution in [0.1, 0.15) is 18.9 Å². The summed E-state index contributed by atoms with van der Waals surface area (Å²) in [5.74, 6) is 0.866. The first-order valence-electron chi connectivity index (χ1n) is 6.29. The number of hydrogen-bond acceptors (Lipinski definition) is 4. The van der Waals surface area contributed by atoms with Crippen molar-refractivity contribution in [2.24, 2.45) is 5.73 Å². The summed E-state index contributed by atoms with van der Waals surface area (Å²) in [4.78, 5) is 0. The Balaban J connectivity index is 2.17. The molecule has 4 nitrogen and oxygen atoms in total. The molecule has 0 saturated carbocycles. The van der Waals surface area contributed by atoms with Crippen LogP contribution in [0.2, 0.25) is 0 Å². The van der Waals surface area contributed by atoms with Gasteiger partial charge in [0.15, 0.2) is 0 Å². The molecule has 0 spiro atoms. The van der Waals surface area contributed by atoms with Gasteiger partial charge in [0.1, 0.15) is 5.75 Å². The average Bonchev–Trinajstić information content (AvgIpc) is 2.39. The molecule has 0 saturated heterocycles. The van der Waals surface area contributed by atoms with Crippen molar-refractivity contribution < 1.29 is 14.2 Å². The summed E-state index contributed by atoms with van der Waals surface area (Å²) in [6.07, 6.45) is 0.985. The molecule has 1 rings (SSSR count). The van der Waals surface area contributed by atoms with E-state index in [-0.39, 0.29) is 6.10 Å². The Kier molecular flexibility index (Phi) is 7.41. The lowest BCUT2D eigenvalue weighted by Gasteiger charge is -2.13. The molecule has 102 valence electrons.